The molecule has 1 unspecified atom stereocenters. The van der Waals surface area contributed by atoms with E-state index in [1.165, 1.54) is 11.5 Å². The molecular weight excluding hydrogens is 288 g/mol. The van der Waals surface area contributed by atoms with Crippen LogP contribution in [0.2, 0.25) is 0 Å². The zero-order chi connectivity index (χ0) is 15.6. The van der Waals surface area contributed by atoms with Crippen LogP contribution in [-0.2, 0) is 0 Å². The summed E-state index contributed by atoms with van der Waals surface area (Å²) in [4.78, 5) is 12.2. The van der Waals surface area contributed by atoms with Crippen LogP contribution in [0.3, 0.4) is 0 Å². The van der Waals surface area contributed by atoms with Gasteiger partial charge in [0.05, 0.1) is 6.04 Å². The molecule has 0 saturated carbocycles. The van der Waals surface area contributed by atoms with Gasteiger partial charge in [0.1, 0.15) is 22.1 Å². The van der Waals surface area contributed by atoms with E-state index in [-0.39, 0.29) is 23.8 Å². The molecule has 0 spiro atoms. The molecule has 0 saturated heterocycles. The Bertz CT molecular complexity index is 633. The highest BCUT2D eigenvalue weighted by atomic mass is 32.1. The Kier molecular flexibility index (Phi) is 4.52. The Hall–Kier alpha value is -2.02. The topological polar surface area (TPSA) is 93.2 Å². The summed E-state index contributed by atoms with van der Waals surface area (Å²) in [6.45, 7) is 7.64. The first-order valence-electron chi connectivity index (χ1n) is 6.77. The van der Waals surface area contributed by atoms with Gasteiger partial charge in [0.25, 0.3) is 5.91 Å². The molecule has 4 N–H and O–H groups in total. The van der Waals surface area contributed by atoms with Gasteiger partial charge in [-0.15, -0.1) is 0 Å². The number of nitrogen functional groups attached to an aromatic ring is 1. The molecule has 6 nitrogen and oxygen atoms in total. The SMILES string of the molecule is Cc1ccc(C(C)Nc2snc(N)c2C(=O)NC(C)C)o1. The molecule has 0 aliphatic heterocycles. The van der Waals surface area contributed by atoms with Gasteiger partial charge in [-0.1, -0.05) is 0 Å². The van der Waals surface area contributed by atoms with Crippen molar-refractivity contribution in [2.45, 2.75) is 39.8 Å². The maximum absolute atomic E-state index is 12.2. The first-order chi connectivity index (χ1) is 9.88. The van der Waals surface area contributed by atoms with E-state index in [4.69, 9.17) is 10.2 Å². The Morgan fingerprint density at radius 1 is 1.38 bits per heavy atom. The van der Waals surface area contributed by atoms with E-state index in [2.05, 4.69) is 15.0 Å². The van der Waals surface area contributed by atoms with Crippen molar-refractivity contribution in [3.63, 3.8) is 0 Å². The molecule has 2 aromatic heterocycles. The number of carbonyl (C=O) groups is 1. The lowest BCUT2D eigenvalue weighted by Crippen LogP contribution is -2.31. The number of hydrogen-bond acceptors (Lipinski definition) is 6. The first kappa shape index (κ1) is 15.4. The van der Waals surface area contributed by atoms with Crippen molar-refractivity contribution in [2.75, 3.05) is 11.1 Å². The highest BCUT2D eigenvalue weighted by Gasteiger charge is 2.22. The maximum Gasteiger partial charge on any atom is 0.258 e. The minimum absolute atomic E-state index is 0.0368. The van der Waals surface area contributed by atoms with Crippen LogP contribution in [0.15, 0.2) is 16.5 Å². The average Bonchev–Trinajstić information content (AvgIpc) is 2.95. The lowest BCUT2D eigenvalue weighted by atomic mass is 10.2. The van der Waals surface area contributed by atoms with E-state index < -0.39 is 0 Å². The number of furan rings is 1. The molecule has 114 valence electrons. The minimum Gasteiger partial charge on any atom is -0.464 e. The molecule has 0 aliphatic carbocycles. The zero-order valence-electron chi connectivity index (χ0n) is 12.6. The first-order valence-corrected chi connectivity index (χ1v) is 7.54. The fourth-order valence-corrected chi connectivity index (χ4v) is 2.71. The molecule has 0 aromatic carbocycles. The van der Waals surface area contributed by atoms with E-state index >= 15 is 0 Å². The highest BCUT2D eigenvalue weighted by Crippen LogP contribution is 2.30. The van der Waals surface area contributed by atoms with Crippen LogP contribution >= 0.6 is 11.5 Å². The van der Waals surface area contributed by atoms with E-state index in [0.717, 1.165) is 11.5 Å². The van der Waals surface area contributed by atoms with Crippen LogP contribution in [0.25, 0.3) is 0 Å². The van der Waals surface area contributed by atoms with Crippen molar-refractivity contribution in [3.8, 4) is 0 Å². The molecule has 0 radical (unpaired) electrons. The van der Waals surface area contributed by atoms with Crippen molar-refractivity contribution in [2.24, 2.45) is 0 Å². The third-order valence-electron chi connectivity index (χ3n) is 2.90. The highest BCUT2D eigenvalue weighted by molar-refractivity contribution is 7.11. The Balaban J connectivity index is 2.19. The second-order valence-corrected chi connectivity index (χ2v) is 5.99. The smallest absolute Gasteiger partial charge is 0.258 e. The fraction of sp³-hybridized carbons (Fsp3) is 0.429. The molecule has 0 aliphatic rings. The van der Waals surface area contributed by atoms with Crippen molar-refractivity contribution in [3.05, 3.63) is 29.2 Å². The predicted molar refractivity (Wildman–Crippen MR) is 84.6 cm³/mol. The van der Waals surface area contributed by atoms with Crippen LogP contribution in [0.5, 0.6) is 0 Å². The Morgan fingerprint density at radius 3 is 2.67 bits per heavy atom. The summed E-state index contributed by atoms with van der Waals surface area (Å²) in [6.07, 6.45) is 0. The Morgan fingerprint density at radius 2 is 2.10 bits per heavy atom. The second-order valence-electron chi connectivity index (χ2n) is 5.21. The van der Waals surface area contributed by atoms with Crippen molar-refractivity contribution >= 4 is 28.3 Å². The van der Waals surface area contributed by atoms with Gasteiger partial charge in [0.2, 0.25) is 0 Å². The van der Waals surface area contributed by atoms with Gasteiger partial charge in [-0.05, 0) is 51.4 Å². The molecule has 2 heterocycles. The number of aryl methyl sites for hydroxylation is 1. The monoisotopic (exact) mass is 308 g/mol. The van der Waals surface area contributed by atoms with Crippen LogP contribution < -0.4 is 16.4 Å². The molecule has 2 aromatic rings. The zero-order valence-corrected chi connectivity index (χ0v) is 13.4. The molecular formula is C14H20N4O2S. The van der Waals surface area contributed by atoms with E-state index in [0.29, 0.717) is 10.6 Å². The summed E-state index contributed by atoms with van der Waals surface area (Å²) in [5.74, 6) is 1.67. The normalized spacial score (nSPS) is 12.4. The standard InChI is InChI=1S/C14H20N4O2S/c1-7(2)16-13(19)11-12(15)18-21-14(11)17-9(4)10-6-5-8(3)20-10/h5-7,9,17H,1-4H3,(H2,15,18)(H,16,19). The van der Waals surface area contributed by atoms with Gasteiger partial charge in [-0.3, -0.25) is 4.79 Å². The molecule has 2 rings (SSSR count). The lowest BCUT2D eigenvalue weighted by molar-refractivity contribution is 0.0945. The summed E-state index contributed by atoms with van der Waals surface area (Å²) < 4.78 is 9.64. The minimum atomic E-state index is -0.221. The van der Waals surface area contributed by atoms with E-state index in [9.17, 15) is 4.79 Å². The number of nitrogens with two attached hydrogens (primary N) is 1. The molecule has 21 heavy (non-hydrogen) atoms. The second kappa shape index (κ2) is 6.17. The van der Waals surface area contributed by atoms with Crippen molar-refractivity contribution in [1.29, 1.82) is 0 Å². The number of amides is 1. The van der Waals surface area contributed by atoms with Crippen LogP contribution in [0.4, 0.5) is 10.8 Å². The lowest BCUT2D eigenvalue weighted by Gasteiger charge is -2.13. The quantitative estimate of drug-likeness (QED) is 0.789. The molecule has 0 bridgehead atoms. The van der Waals surface area contributed by atoms with Gasteiger partial charge < -0.3 is 20.8 Å². The number of nitrogens with zero attached hydrogens (tertiary/aromatic N) is 1. The van der Waals surface area contributed by atoms with Crippen molar-refractivity contribution < 1.29 is 9.21 Å². The van der Waals surface area contributed by atoms with Gasteiger partial charge in [-0.2, -0.15) is 4.37 Å². The summed E-state index contributed by atoms with van der Waals surface area (Å²) in [5.41, 5.74) is 6.20. The summed E-state index contributed by atoms with van der Waals surface area (Å²) in [7, 11) is 0. The van der Waals surface area contributed by atoms with Crippen molar-refractivity contribution in [1.82, 2.24) is 9.69 Å². The van der Waals surface area contributed by atoms with E-state index in [1.54, 1.807) is 0 Å². The number of carbonyl (C=O) groups excluding carboxylic acids is 1. The van der Waals surface area contributed by atoms with Gasteiger partial charge in [0, 0.05) is 6.04 Å². The van der Waals surface area contributed by atoms with Crippen LogP contribution in [0, 0.1) is 6.92 Å². The third-order valence-corrected chi connectivity index (χ3v) is 3.69. The van der Waals surface area contributed by atoms with Gasteiger partial charge in [-0.25, -0.2) is 0 Å². The number of nitrogens with one attached hydrogen (secondary N) is 2. The van der Waals surface area contributed by atoms with Gasteiger partial charge in [0.15, 0.2) is 5.82 Å². The number of aromatic nitrogens is 1. The van der Waals surface area contributed by atoms with Crippen LogP contribution in [0.1, 0.15) is 48.7 Å². The fourth-order valence-electron chi connectivity index (χ4n) is 1.91. The van der Waals surface area contributed by atoms with E-state index in [1.807, 2.05) is 39.8 Å². The summed E-state index contributed by atoms with van der Waals surface area (Å²) >= 11 is 1.17. The average molecular weight is 308 g/mol. The number of rotatable bonds is 5. The molecule has 7 heteroatoms. The molecule has 1 amide bonds. The number of hydrogen-bond donors (Lipinski definition) is 3. The largest absolute Gasteiger partial charge is 0.464 e. The summed E-state index contributed by atoms with van der Waals surface area (Å²) in [6, 6.07) is 3.77. The molecule has 0 fully saturated rings. The number of anilines is 2. The Labute approximate surface area is 127 Å². The summed E-state index contributed by atoms with van der Waals surface area (Å²) in [5, 5.41) is 6.71. The van der Waals surface area contributed by atoms with Crippen LogP contribution in [-0.4, -0.2) is 16.3 Å². The molecule has 1 atom stereocenters. The third kappa shape index (κ3) is 3.55. The van der Waals surface area contributed by atoms with Gasteiger partial charge >= 0.3 is 0 Å². The maximum atomic E-state index is 12.2. The predicted octanol–water partition coefficient (Wildman–Crippen LogP) is 2.94.